The van der Waals surface area contributed by atoms with Gasteiger partial charge in [-0.15, -0.1) is 0 Å². The zero-order valence-electron chi connectivity index (χ0n) is 13.3. The Morgan fingerprint density at radius 2 is 1.33 bits per heavy atom. The van der Waals surface area contributed by atoms with E-state index in [4.69, 9.17) is 9.47 Å². The maximum Gasteiger partial charge on any atom is 0.302 e. The van der Waals surface area contributed by atoms with Crippen LogP contribution in [0.3, 0.4) is 0 Å². The molecule has 0 aromatic heterocycles. The van der Waals surface area contributed by atoms with Crippen LogP contribution in [0.2, 0.25) is 0 Å². The quantitative estimate of drug-likeness (QED) is 0.724. The number of carbonyl (C=O) groups excluding carboxylic acids is 2. The van der Waals surface area contributed by atoms with E-state index >= 15 is 0 Å². The number of nitrogens with zero attached hydrogens (tertiary/aromatic N) is 1. The van der Waals surface area contributed by atoms with Gasteiger partial charge in [-0.2, -0.15) is 0 Å². The molecule has 0 aliphatic carbocycles. The average molecular weight is 295 g/mol. The van der Waals surface area contributed by atoms with E-state index in [1.54, 1.807) is 0 Å². The third-order valence-corrected chi connectivity index (χ3v) is 2.45. The maximum atomic E-state index is 10.8. The molecule has 0 spiro atoms. The first kappa shape index (κ1) is 19.0. The Bertz CT molecular complexity index is 386. The van der Waals surface area contributed by atoms with E-state index in [0.29, 0.717) is 26.3 Å². The van der Waals surface area contributed by atoms with E-state index in [1.165, 1.54) is 13.8 Å². The predicted molar refractivity (Wildman–Crippen MR) is 83.3 cm³/mol. The van der Waals surface area contributed by atoms with Crippen LogP contribution in [0, 0.1) is 0 Å². The largest absolute Gasteiger partial charge is 0.464 e. The molecule has 0 heterocycles. The van der Waals surface area contributed by atoms with Gasteiger partial charge in [0.25, 0.3) is 0 Å². The third kappa shape index (κ3) is 9.49. The molecular weight excluding hydrogens is 270 g/mol. The lowest BCUT2D eigenvalue weighted by Gasteiger charge is -2.24. The molecule has 0 bridgehead atoms. The van der Waals surface area contributed by atoms with Gasteiger partial charge in [0.05, 0.1) is 13.1 Å². The number of esters is 2. The highest BCUT2D eigenvalue weighted by Crippen LogP contribution is 2.12. The first-order valence-electron chi connectivity index (χ1n) is 7.16. The van der Waals surface area contributed by atoms with Gasteiger partial charge in [-0.1, -0.05) is 32.0 Å². The Morgan fingerprint density at radius 1 is 0.905 bits per heavy atom. The van der Waals surface area contributed by atoms with Crippen LogP contribution in [0.25, 0.3) is 0 Å². The molecule has 0 aliphatic rings. The minimum absolute atomic E-state index is 0.298. The Balaban J connectivity index is 0.00000191. The summed E-state index contributed by atoms with van der Waals surface area (Å²) in [5.74, 6) is -0.596. The minimum Gasteiger partial charge on any atom is -0.464 e. The van der Waals surface area contributed by atoms with Crippen molar-refractivity contribution in [2.45, 2.75) is 27.7 Å². The summed E-state index contributed by atoms with van der Waals surface area (Å²) in [7, 11) is 0. The fourth-order valence-corrected chi connectivity index (χ4v) is 1.61. The average Bonchev–Trinajstić information content (AvgIpc) is 2.48. The Hall–Kier alpha value is -2.04. The number of benzene rings is 1. The summed E-state index contributed by atoms with van der Waals surface area (Å²) in [6.45, 7) is 8.50. The van der Waals surface area contributed by atoms with Crippen molar-refractivity contribution in [3.63, 3.8) is 0 Å². The summed E-state index contributed by atoms with van der Waals surface area (Å²) in [6.07, 6.45) is 0. The van der Waals surface area contributed by atoms with E-state index in [9.17, 15) is 9.59 Å². The molecule has 5 nitrogen and oxygen atoms in total. The van der Waals surface area contributed by atoms with Crippen molar-refractivity contribution in [3.05, 3.63) is 30.3 Å². The highest BCUT2D eigenvalue weighted by Gasteiger charge is 2.07. The van der Waals surface area contributed by atoms with Gasteiger partial charge in [-0.05, 0) is 12.1 Å². The molecule has 21 heavy (non-hydrogen) atoms. The van der Waals surface area contributed by atoms with Crippen LogP contribution in [0.4, 0.5) is 5.69 Å². The van der Waals surface area contributed by atoms with Crippen molar-refractivity contribution in [2.24, 2.45) is 0 Å². The molecular formula is C16H25NO4. The molecule has 0 radical (unpaired) electrons. The molecule has 0 saturated carbocycles. The van der Waals surface area contributed by atoms with E-state index in [2.05, 4.69) is 0 Å². The van der Waals surface area contributed by atoms with Crippen LogP contribution >= 0.6 is 0 Å². The number of hydrogen-bond acceptors (Lipinski definition) is 5. The second-order valence-corrected chi connectivity index (χ2v) is 4.00. The van der Waals surface area contributed by atoms with Gasteiger partial charge in [-0.3, -0.25) is 9.59 Å². The molecule has 0 amide bonds. The zero-order valence-corrected chi connectivity index (χ0v) is 13.3. The van der Waals surface area contributed by atoms with Gasteiger partial charge in [0.1, 0.15) is 13.2 Å². The standard InChI is InChI=1S/C14H19NO4.C2H6/c1-12(16)18-10-8-15(9-11-19-13(2)17)14-6-4-3-5-7-14;1-2/h3-7H,8-11H2,1-2H3;1-2H3. The Kier molecular flexibility index (Phi) is 10.6. The van der Waals surface area contributed by atoms with Crippen molar-refractivity contribution in [2.75, 3.05) is 31.2 Å². The van der Waals surface area contributed by atoms with Crippen molar-refractivity contribution < 1.29 is 19.1 Å². The van der Waals surface area contributed by atoms with Crippen LogP contribution in [0.5, 0.6) is 0 Å². The number of ether oxygens (including phenoxy) is 2. The zero-order chi connectivity index (χ0) is 16.1. The third-order valence-electron chi connectivity index (χ3n) is 2.45. The molecule has 5 heteroatoms. The lowest BCUT2D eigenvalue weighted by Crippen LogP contribution is -2.31. The van der Waals surface area contributed by atoms with Crippen LogP contribution in [0.1, 0.15) is 27.7 Å². The first-order chi connectivity index (χ1) is 10.1. The highest BCUT2D eigenvalue weighted by molar-refractivity contribution is 5.66. The Labute approximate surface area is 126 Å². The molecule has 0 saturated heterocycles. The second-order valence-electron chi connectivity index (χ2n) is 4.00. The number of hydrogen-bond donors (Lipinski definition) is 0. The lowest BCUT2D eigenvalue weighted by atomic mass is 10.3. The summed E-state index contributed by atoms with van der Waals surface area (Å²) in [5, 5.41) is 0. The summed E-state index contributed by atoms with van der Waals surface area (Å²) >= 11 is 0. The van der Waals surface area contributed by atoms with Crippen molar-refractivity contribution >= 4 is 17.6 Å². The van der Waals surface area contributed by atoms with Crippen LogP contribution in [-0.4, -0.2) is 38.2 Å². The molecule has 1 rings (SSSR count). The molecule has 0 unspecified atom stereocenters. The topological polar surface area (TPSA) is 55.8 Å². The van der Waals surface area contributed by atoms with Gasteiger partial charge in [0.2, 0.25) is 0 Å². The summed E-state index contributed by atoms with van der Waals surface area (Å²) in [4.78, 5) is 23.5. The monoisotopic (exact) mass is 295 g/mol. The van der Waals surface area contributed by atoms with E-state index in [1.807, 2.05) is 49.1 Å². The van der Waals surface area contributed by atoms with E-state index in [-0.39, 0.29) is 11.9 Å². The second kappa shape index (κ2) is 11.8. The normalized spacial score (nSPS) is 9.14. The molecule has 0 N–H and O–H groups in total. The van der Waals surface area contributed by atoms with E-state index < -0.39 is 0 Å². The fraction of sp³-hybridized carbons (Fsp3) is 0.500. The van der Waals surface area contributed by atoms with Crippen LogP contribution < -0.4 is 4.90 Å². The molecule has 1 aromatic carbocycles. The van der Waals surface area contributed by atoms with Crippen LogP contribution in [-0.2, 0) is 19.1 Å². The molecule has 0 atom stereocenters. The first-order valence-corrected chi connectivity index (χ1v) is 7.16. The van der Waals surface area contributed by atoms with Crippen molar-refractivity contribution in [1.29, 1.82) is 0 Å². The van der Waals surface area contributed by atoms with Gasteiger partial charge in [0, 0.05) is 19.5 Å². The van der Waals surface area contributed by atoms with E-state index in [0.717, 1.165) is 5.69 Å². The van der Waals surface area contributed by atoms with Gasteiger partial charge in [-0.25, -0.2) is 0 Å². The summed E-state index contributed by atoms with van der Waals surface area (Å²) in [5.41, 5.74) is 1.00. The molecule has 118 valence electrons. The van der Waals surface area contributed by atoms with Gasteiger partial charge in [0.15, 0.2) is 0 Å². The fourth-order valence-electron chi connectivity index (χ4n) is 1.61. The summed E-state index contributed by atoms with van der Waals surface area (Å²) in [6, 6.07) is 9.71. The van der Waals surface area contributed by atoms with Crippen molar-refractivity contribution in [3.8, 4) is 0 Å². The molecule has 0 fully saturated rings. The van der Waals surface area contributed by atoms with Gasteiger partial charge < -0.3 is 14.4 Å². The Morgan fingerprint density at radius 3 is 1.71 bits per heavy atom. The SMILES string of the molecule is CC.CC(=O)OCCN(CCOC(C)=O)c1ccccc1. The number of anilines is 1. The number of carbonyl (C=O) groups is 2. The lowest BCUT2D eigenvalue weighted by molar-refractivity contribution is -0.141. The smallest absolute Gasteiger partial charge is 0.302 e. The maximum absolute atomic E-state index is 10.8. The highest BCUT2D eigenvalue weighted by atomic mass is 16.5. The predicted octanol–water partition coefficient (Wildman–Crippen LogP) is 2.65. The summed E-state index contributed by atoms with van der Waals surface area (Å²) < 4.78 is 9.87. The minimum atomic E-state index is -0.298. The number of rotatable bonds is 7. The van der Waals surface area contributed by atoms with Crippen molar-refractivity contribution in [1.82, 2.24) is 0 Å². The molecule has 1 aromatic rings. The number of para-hydroxylation sites is 1. The van der Waals surface area contributed by atoms with Crippen LogP contribution in [0.15, 0.2) is 30.3 Å². The van der Waals surface area contributed by atoms with Gasteiger partial charge >= 0.3 is 11.9 Å². The molecule has 0 aliphatic heterocycles.